The lowest BCUT2D eigenvalue weighted by Crippen LogP contribution is -2.16. The Morgan fingerprint density at radius 3 is 2.95 bits per heavy atom. The molecule has 1 heterocycles. The number of hydrogen-bond donors (Lipinski definition) is 2. The SMILES string of the molecule is OCCCCCNc1ccccc1OC1CCOC1. The van der Waals surface area contributed by atoms with Gasteiger partial charge in [-0.05, 0) is 31.4 Å². The van der Waals surface area contributed by atoms with Crippen LogP contribution in [0.1, 0.15) is 25.7 Å². The van der Waals surface area contributed by atoms with E-state index in [2.05, 4.69) is 5.32 Å². The number of unbranched alkanes of at least 4 members (excludes halogenated alkanes) is 2. The molecule has 0 bridgehead atoms. The number of ether oxygens (including phenoxy) is 2. The lowest BCUT2D eigenvalue weighted by atomic mass is 10.2. The van der Waals surface area contributed by atoms with Crippen LogP contribution in [0, 0.1) is 0 Å². The minimum atomic E-state index is 0.178. The van der Waals surface area contributed by atoms with Crippen molar-refractivity contribution in [3.8, 4) is 5.75 Å². The van der Waals surface area contributed by atoms with Crippen LogP contribution in [0.2, 0.25) is 0 Å². The van der Waals surface area contributed by atoms with E-state index in [4.69, 9.17) is 14.6 Å². The van der Waals surface area contributed by atoms with Crippen LogP contribution in [-0.4, -0.2) is 37.6 Å². The Morgan fingerprint density at radius 1 is 1.26 bits per heavy atom. The highest BCUT2D eigenvalue weighted by Crippen LogP contribution is 2.26. The molecule has 0 radical (unpaired) electrons. The Morgan fingerprint density at radius 2 is 2.16 bits per heavy atom. The molecule has 0 aliphatic carbocycles. The van der Waals surface area contributed by atoms with Gasteiger partial charge in [-0.15, -0.1) is 0 Å². The molecule has 4 nitrogen and oxygen atoms in total. The summed E-state index contributed by atoms with van der Waals surface area (Å²) in [7, 11) is 0. The average molecular weight is 265 g/mol. The van der Waals surface area contributed by atoms with E-state index in [1.807, 2.05) is 24.3 Å². The molecule has 0 aromatic heterocycles. The first-order chi connectivity index (χ1) is 9.40. The van der Waals surface area contributed by atoms with Crippen LogP contribution >= 0.6 is 0 Å². The second-order valence-corrected chi connectivity index (χ2v) is 4.81. The second-order valence-electron chi connectivity index (χ2n) is 4.81. The van der Waals surface area contributed by atoms with E-state index >= 15 is 0 Å². The first-order valence-corrected chi connectivity index (χ1v) is 7.08. The first-order valence-electron chi connectivity index (χ1n) is 7.08. The number of para-hydroxylation sites is 2. The van der Waals surface area contributed by atoms with Crippen LogP contribution in [0.4, 0.5) is 5.69 Å². The Labute approximate surface area is 114 Å². The number of rotatable bonds is 8. The molecule has 2 N–H and O–H groups in total. The maximum absolute atomic E-state index is 8.73. The number of aliphatic hydroxyl groups excluding tert-OH is 1. The summed E-state index contributed by atoms with van der Waals surface area (Å²) in [4.78, 5) is 0. The quantitative estimate of drug-likeness (QED) is 0.709. The number of hydrogen-bond acceptors (Lipinski definition) is 4. The summed E-state index contributed by atoms with van der Waals surface area (Å²) in [5.74, 6) is 0.903. The molecule has 0 saturated carbocycles. The highest BCUT2D eigenvalue weighted by atomic mass is 16.5. The molecule has 1 aromatic carbocycles. The number of benzene rings is 1. The predicted molar refractivity (Wildman–Crippen MR) is 75.7 cm³/mol. The van der Waals surface area contributed by atoms with Crippen LogP contribution in [0.15, 0.2) is 24.3 Å². The van der Waals surface area contributed by atoms with Gasteiger partial charge in [-0.2, -0.15) is 0 Å². The van der Waals surface area contributed by atoms with E-state index in [0.29, 0.717) is 6.61 Å². The van der Waals surface area contributed by atoms with Gasteiger partial charge >= 0.3 is 0 Å². The third-order valence-electron chi connectivity index (χ3n) is 3.22. The minimum Gasteiger partial charge on any atom is -0.486 e. The molecule has 1 fully saturated rings. The van der Waals surface area contributed by atoms with Crippen molar-refractivity contribution in [1.82, 2.24) is 0 Å². The smallest absolute Gasteiger partial charge is 0.142 e. The fourth-order valence-corrected chi connectivity index (χ4v) is 2.14. The molecule has 1 unspecified atom stereocenters. The predicted octanol–water partition coefficient (Wildman–Crippen LogP) is 2.43. The zero-order valence-corrected chi connectivity index (χ0v) is 11.3. The highest BCUT2D eigenvalue weighted by molar-refractivity contribution is 5.56. The van der Waals surface area contributed by atoms with E-state index in [1.165, 1.54) is 0 Å². The minimum absolute atomic E-state index is 0.178. The molecule has 1 saturated heterocycles. The molecule has 2 rings (SSSR count). The Hall–Kier alpha value is -1.26. The van der Waals surface area contributed by atoms with Gasteiger partial charge in [-0.1, -0.05) is 12.1 Å². The lowest BCUT2D eigenvalue weighted by Gasteiger charge is -2.16. The van der Waals surface area contributed by atoms with E-state index < -0.39 is 0 Å². The zero-order valence-electron chi connectivity index (χ0n) is 11.3. The van der Waals surface area contributed by atoms with E-state index in [-0.39, 0.29) is 12.7 Å². The third-order valence-corrected chi connectivity index (χ3v) is 3.22. The van der Waals surface area contributed by atoms with Crippen molar-refractivity contribution in [3.63, 3.8) is 0 Å². The Bertz CT molecular complexity index is 364. The van der Waals surface area contributed by atoms with Crippen LogP contribution < -0.4 is 10.1 Å². The summed E-state index contributed by atoms with van der Waals surface area (Å²) in [6, 6.07) is 8.03. The Balaban J connectivity index is 1.81. The molecule has 1 aromatic rings. The van der Waals surface area contributed by atoms with Crippen LogP contribution in [0.5, 0.6) is 5.75 Å². The summed E-state index contributed by atoms with van der Waals surface area (Å²) in [5, 5.41) is 12.1. The number of anilines is 1. The molecule has 106 valence electrons. The van der Waals surface area contributed by atoms with Crippen LogP contribution in [0.3, 0.4) is 0 Å². The van der Waals surface area contributed by atoms with E-state index in [0.717, 1.165) is 50.3 Å². The third kappa shape index (κ3) is 4.73. The lowest BCUT2D eigenvalue weighted by molar-refractivity contribution is 0.142. The van der Waals surface area contributed by atoms with Gasteiger partial charge in [0.2, 0.25) is 0 Å². The summed E-state index contributed by atoms with van der Waals surface area (Å²) < 4.78 is 11.3. The molecule has 1 atom stereocenters. The summed E-state index contributed by atoms with van der Waals surface area (Å²) in [6.07, 6.45) is 4.12. The molecule has 0 amide bonds. The molecule has 1 aliphatic heterocycles. The van der Waals surface area contributed by atoms with Gasteiger partial charge in [0.25, 0.3) is 0 Å². The zero-order chi connectivity index (χ0) is 13.3. The van der Waals surface area contributed by atoms with Crippen molar-refractivity contribution >= 4 is 5.69 Å². The van der Waals surface area contributed by atoms with E-state index in [9.17, 15) is 0 Å². The molecular weight excluding hydrogens is 242 g/mol. The fourth-order valence-electron chi connectivity index (χ4n) is 2.14. The molecule has 0 spiro atoms. The number of nitrogens with one attached hydrogen (secondary N) is 1. The highest BCUT2D eigenvalue weighted by Gasteiger charge is 2.18. The molecule has 4 heteroatoms. The molecule has 19 heavy (non-hydrogen) atoms. The normalized spacial score (nSPS) is 18.5. The van der Waals surface area contributed by atoms with Gasteiger partial charge in [-0.3, -0.25) is 0 Å². The van der Waals surface area contributed by atoms with E-state index in [1.54, 1.807) is 0 Å². The Kier molecular flexibility index (Phi) is 5.98. The van der Waals surface area contributed by atoms with Gasteiger partial charge in [0.15, 0.2) is 0 Å². The van der Waals surface area contributed by atoms with Crippen molar-refractivity contribution in [1.29, 1.82) is 0 Å². The second kappa shape index (κ2) is 8.02. The van der Waals surface area contributed by atoms with Crippen molar-refractivity contribution in [2.24, 2.45) is 0 Å². The topological polar surface area (TPSA) is 50.7 Å². The number of aliphatic hydroxyl groups is 1. The standard InChI is InChI=1S/C15H23NO3/c17-10-5-1-4-9-16-14-6-2-3-7-15(14)19-13-8-11-18-12-13/h2-3,6-7,13,16-17H,1,4-5,8-12H2. The molecule has 1 aliphatic rings. The van der Waals surface area contributed by atoms with Gasteiger partial charge in [0.1, 0.15) is 11.9 Å². The summed E-state index contributed by atoms with van der Waals surface area (Å²) in [6.45, 7) is 2.66. The average Bonchev–Trinajstić information content (AvgIpc) is 2.93. The largest absolute Gasteiger partial charge is 0.486 e. The van der Waals surface area contributed by atoms with Gasteiger partial charge in [0.05, 0.1) is 18.9 Å². The van der Waals surface area contributed by atoms with Gasteiger partial charge in [0, 0.05) is 19.6 Å². The van der Waals surface area contributed by atoms with Crippen LogP contribution in [0.25, 0.3) is 0 Å². The molecular formula is C15H23NO3. The van der Waals surface area contributed by atoms with Crippen molar-refractivity contribution in [2.75, 3.05) is 31.7 Å². The van der Waals surface area contributed by atoms with Gasteiger partial charge in [-0.25, -0.2) is 0 Å². The van der Waals surface area contributed by atoms with Crippen molar-refractivity contribution in [3.05, 3.63) is 24.3 Å². The maximum Gasteiger partial charge on any atom is 0.142 e. The summed E-state index contributed by atoms with van der Waals surface area (Å²) in [5.41, 5.74) is 1.04. The van der Waals surface area contributed by atoms with Gasteiger partial charge < -0.3 is 19.9 Å². The maximum atomic E-state index is 8.73. The monoisotopic (exact) mass is 265 g/mol. The first kappa shape index (κ1) is 14.2. The summed E-state index contributed by atoms with van der Waals surface area (Å²) >= 11 is 0. The van der Waals surface area contributed by atoms with Crippen LogP contribution in [-0.2, 0) is 4.74 Å². The fraction of sp³-hybridized carbons (Fsp3) is 0.600. The van der Waals surface area contributed by atoms with Crippen molar-refractivity contribution < 1.29 is 14.6 Å². The van der Waals surface area contributed by atoms with Crippen molar-refractivity contribution in [2.45, 2.75) is 31.8 Å².